The highest BCUT2D eigenvalue weighted by Gasteiger charge is 2.16. The van der Waals surface area contributed by atoms with Gasteiger partial charge in [0.15, 0.2) is 0 Å². The Morgan fingerprint density at radius 3 is 2.57 bits per heavy atom. The molecule has 3 N–H and O–H groups in total. The van der Waals surface area contributed by atoms with Crippen molar-refractivity contribution >= 4 is 12.0 Å². The first-order valence-electron chi connectivity index (χ1n) is 7.31. The second-order valence-electron chi connectivity index (χ2n) is 5.33. The minimum absolute atomic E-state index is 0.149. The number of esters is 1. The van der Waals surface area contributed by atoms with Crippen molar-refractivity contribution in [2.24, 2.45) is 5.92 Å². The summed E-state index contributed by atoms with van der Waals surface area (Å²) < 4.78 is 6.30. The Morgan fingerprint density at radius 1 is 1.26 bits per heavy atom. The second-order valence-corrected chi connectivity index (χ2v) is 5.33. The number of H-pyrrole nitrogens is 1. The molecule has 9 nitrogen and oxygen atoms in total. The quantitative estimate of drug-likeness (QED) is 0.579. The fraction of sp³-hybridized carbons (Fsp3) is 0.571. The van der Waals surface area contributed by atoms with Gasteiger partial charge in [0.2, 0.25) is 0 Å². The molecule has 1 unspecified atom stereocenters. The van der Waals surface area contributed by atoms with Gasteiger partial charge in [0.25, 0.3) is 5.56 Å². The van der Waals surface area contributed by atoms with Crippen molar-refractivity contribution < 1.29 is 14.3 Å². The van der Waals surface area contributed by atoms with Crippen LogP contribution < -0.4 is 21.9 Å². The highest BCUT2D eigenvalue weighted by Crippen LogP contribution is 2.00. The number of rotatable bonds is 7. The van der Waals surface area contributed by atoms with E-state index in [0.717, 1.165) is 0 Å². The van der Waals surface area contributed by atoms with Gasteiger partial charge in [-0.25, -0.2) is 9.59 Å². The summed E-state index contributed by atoms with van der Waals surface area (Å²) in [5.74, 6) is -0.829. The van der Waals surface area contributed by atoms with Crippen LogP contribution in [0.3, 0.4) is 0 Å². The van der Waals surface area contributed by atoms with Crippen LogP contribution in [0.1, 0.15) is 20.8 Å². The number of nitrogens with one attached hydrogen (secondary N) is 3. The van der Waals surface area contributed by atoms with Crippen LogP contribution in [-0.4, -0.2) is 40.7 Å². The topological polar surface area (TPSA) is 122 Å². The van der Waals surface area contributed by atoms with Gasteiger partial charge in [-0.05, 0) is 13.8 Å². The fourth-order valence-electron chi connectivity index (χ4n) is 1.65. The molecule has 1 aromatic rings. The Labute approximate surface area is 133 Å². The maximum absolute atomic E-state index is 11.6. The molecular weight excluding hydrogens is 304 g/mol. The van der Waals surface area contributed by atoms with Crippen molar-refractivity contribution in [2.75, 3.05) is 13.1 Å². The smallest absolute Gasteiger partial charge is 0.328 e. The van der Waals surface area contributed by atoms with Crippen LogP contribution in [0.2, 0.25) is 0 Å². The summed E-state index contributed by atoms with van der Waals surface area (Å²) in [5.41, 5.74) is -1.01. The van der Waals surface area contributed by atoms with Crippen LogP contribution in [0.15, 0.2) is 21.9 Å². The third-order valence-corrected chi connectivity index (χ3v) is 2.86. The van der Waals surface area contributed by atoms with Crippen LogP contribution in [0.4, 0.5) is 4.79 Å². The monoisotopic (exact) mass is 326 g/mol. The van der Waals surface area contributed by atoms with Crippen LogP contribution in [-0.2, 0) is 16.1 Å². The minimum Gasteiger partial charge on any atom is -0.463 e. The van der Waals surface area contributed by atoms with E-state index in [-0.39, 0.29) is 31.7 Å². The van der Waals surface area contributed by atoms with Gasteiger partial charge in [-0.15, -0.1) is 0 Å². The normalized spacial score (nSPS) is 11.8. The molecule has 23 heavy (non-hydrogen) atoms. The van der Waals surface area contributed by atoms with Gasteiger partial charge < -0.3 is 15.4 Å². The van der Waals surface area contributed by atoms with E-state index < -0.39 is 23.2 Å². The SMILES string of the molecule is CC(C)OC(=O)C(C)CNC(=O)NCCn1ccc(=O)[nH]c1=O. The van der Waals surface area contributed by atoms with E-state index >= 15 is 0 Å². The van der Waals surface area contributed by atoms with Gasteiger partial charge in [-0.2, -0.15) is 0 Å². The molecule has 1 heterocycles. The van der Waals surface area contributed by atoms with E-state index in [9.17, 15) is 19.2 Å². The van der Waals surface area contributed by atoms with Gasteiger partial charge in [-0.3, -0.25) is 19.1 Å². The standard InChI is InChI=1S/C14H22N4O5/c1-9(2)23-12(20)10(3)8-16-13(21)15-5-7-18-6-4-11(19)17-14(18)22/h4,6,9-10H,5,7-8H2,1-3H3,(H2,15,16,21)(H,17,19,22). The highest BCUT2D eigenvalue weighted by molar-refractivity contribution is 5.76. The van der Waals surface area contributed by atoms with E-state index in [1.807, 2.05) is 0 Å². The van der Waals surface area contributed by atoms with Crippen LogP contribution in [0.5, 0.6) is 0 Å². The predicted molar refractivity (Wildman–Crippen MR) is 83.1 cm³/mol. The Bertz CT molecular complexity index is 649. The number of hydrogen-bond donors (Lipinski definition) is 3. The zero-order valence-corrected chi connectivity index (χ0v) is 13.4. The molecule has 0 saturated carbocycles. The molecule has 0 fully saturated rings. The van der Waals surface area contributed by atoms with Crippen molar-refractivity contribution in [3.05, 3.63) is 33.1 Å². The van der Waals surface area contributed by atoms with E-state index in [1.165, 1.54) is 16.8 Å². The molecule has 2 amide bonds. The second kappa shape index (κ2) is 8.76. The number of aromatic nitrogens is 2. The molecule has 128 valence electrons. The number of carbonyl (C=O) groups excluding carboxylic acids is 2. The first-order valence-corrected chi connectivity index (χ1v) is 7.31. The van der Waals surface area contributed by atoms with Gasteiger partial charge in [0.05, 0.1) is 12.0 Å². The zero-order chi connectivity index (χ0) is 17.4. The van der Waals surface area contributed by atoms with Crippen LogP contribution in [0.25, 0.3) is 0 Å². The molecule has 0 aliphatic carbocycles. The number of hydrogen-bond acceptors (Lipinski definition) is 5. The average Bonchev–Trinajstić information content (AvgIpc) is 2.46. The molecule has 0 radical (unpaired) electrons. The van der Waals surface area contributed by atoms with E-state index in [0.29, 0.717) is 0 Å². The van der Waals surface area contributed by atoms with E-state index in [4.69, 9.17) is 4.74 Å². The molecule has 9 heteroatoms. The number of nitrogens with zero attached hydrogens (tertiary/aromatic N) is 1. The Balaban J connectivity index is 2.30. The third-order valence-electron chi connectivity index (χ3n) is 2.86. The number of ether oxygens (including phenoxy) is 1. The summed E-state index contributed by atoms with van der Waals surface area (Å²) in [6.07, 6.45) is 1.15. The summed E-state index contributed by atoms with van der Waals surface area (Å²) in [5, 5.41) is 5.10. The van der Waals surface area contributed by atoms with Crippen LogP contribution in [0, 0.1) is 5.92 Å². The summed E-state index contributed by atoms with van der Waals surface area (Å²) in [6, 6.07) is 0.774. The highest BCUT2D eigenvalue weighted by atomic mass is 16.5. The van der Waals surface area contributed by atoms with Crippen molar-refractivity contribution in [3.8, 4) is 0 Å². The van der Waals surface area contributed by atoms with Gasteiger partial charge >= 0.3 is 17.7 Å². The lowest BCUT2D eigenvalue weighted by atomic mass is 10.2. The van der Waals surface area contributed by atoms with Crippen molar-refractivity contribution in [3.63, 3.8) is 0 Å². The Kier molecular flexibility index (Phi) is 7.04. The largest absolute Gasteiger partial charge is 0.463 e. The van der Waals surface area contributed by atoms with Crippen molar-refractivity contribution in [1.82, 2.24) is 20.2 Å². The zero-order valence-electron chi connectivity index (χ0n) is 13.4. The number of carbonyl (C=O) groups is 2. The maximum Gasteiger partial charge on any atom is 0.328 e. The molecular formula is C14H22N4O5. The van der Waals surface area contributed by atoms with Crippen LogP contribution >= 0.6 is 0 Å². The lowest BCUT2D eigenvalue weighted by Gasteiger charge is -2.15. The molecule has 0 bridgehead atoms. The molecule has 0 aromatic carbocycles. The summed E-state index contributed by atoms with van der Waals surface area (Å²) in [7, 11) is 0. The van der Waals surface area contributed by atoms with Crippen molar-refractivity contribution in [2.45, 2.75) is 33.4 Å². The molecule has 0 spiro atoms. The fourth-order valence-corrected chi connectivity index (χ4v) is 1.65. The Morgan fingerprint density at radius 2 is 1.96 bits per heavy atom. The Hall–Kier alpha value is -2.58. The third kappa shape index (κ3) is 6.81. The van der Waals surface area contributed by atoms with Gasteiger partial charge in [0, 0.05) is 31.9 Å². The predicted octanol–water partition coefficient (Wildman–Crippen LogP) is -0.576. The first-order chi connectivity index (χ1) is 10.8. The number of urea groups is 1. The molecule has 1 rings (SSSR count). The first kappa shape index (κ1) is 18.5. The number of aromatic amines is 1. The molecule has 1 aromatic heterocycles. The summed E-state index contributed by atoms with van der Waals surface area (Å²) >= 11 is 0. The summed E-state index contributed by atoms with van der Waals surface area (Å²) in [4.78, 5) is 47.6. The average molecular weight is 326 g/mol. The molecule has 0 saturated heterocycles. The van der Waals surface area contributed by atoms with Gasteiger partial charge in [-0.1, -0.05) is 6.92 Å². The van der Waals surface area contributed by atoms with Crippen molar-refractivity contribution in [1.29, 1.82) is 0 Å². The molecule has 0 aliphatic heterocycles. The lowest BCUT2D eigenvalue weighted by Crippen LogP contribution is -2.41. The van der Waals surface area contributed by atoms with E-state index in [2.05, 4.69) is 15.6 Å². The lowest BCUT2D eigenvalue weighted by molar-refractivity contribution is -0.151. The minimum atomic E-state index is -0.537. The molecule has 0 aliphatic rings. The maximum atomic E-state index is 11.6. The summed E-state index contributed by atoms with van der Waals surface area (Å²) in [6.45, 7) is 5.73. The van der Waals surface area contributed by atoms with Gasteiger partial charge in [0.1, 0.15) is 0 Å². The van der Waals surface area contributed by atoms with E-state index in [1.54, 1.807) is 20.8 Å². The number of amides is 2. The molecule has 1 atom stereocenters.